The van der Waals surface area contributed by atoms with Crippen molar-refractivity contribution < 1.29 is 19.7 Å². The summed E-state index contributed by atoms with van der Waals surface area (Å²) in [4.78, 5) is 2.39. The van der Waals surface area contributed by atoms with Crippen molar-refractivity contribution in [1.29, 1.82) is 0 Å². The first kappa shape index (κ1) is 64.0. The molecule has 6 heteroatoms. The molecule has 6 nitrogen and oxygen atoms in total. The van der Waals surface area contributed by atoms with Gasteiger partial charge in [0.15, 0.2) is 0 Å². The van der Waals surface area contributed by atoms with E-state index < -0.39 is 0 Å². The molecule has 3 aliphatic carbocycles. The summed E-state index contributed by atoms with van der Waals surface area (Å²) < 4.78 is 16.6. The zero-order valence-electron chi connectivity index (χ0n) is 59.4. The van der Waals surface area contributed by atoms with Gasteiger partial charge in [-0.3, -0.25) is 0 Å². The normalized spacial score (nSPS) is 19.0. The zero-order chi connectivity index (χ0) is 68.3. The molecule has 0 radical (unpaired) electrons. The van der Waals surface area contributed by atoms with Gasteiger partial charge >= 0.3 is 0 Å². The largest absolute Gasteiger partial charge is 0.505 e. The number of nitrogens with zero attached hydrogens (tertiary/aromatic N) is 2. The maximum atomic E-state index is 13.0. The molecule has 1 aromatic heterocycles. The van der Waals surface area contributed by atoms with Crippen LogP contribution in [0.25, 0.3) is 83.1 Å². The monoisotopic (exact) mass is 1290 g/mol. The number of ether oxygens (including phenoxy) is 2. The third kappa shape index (κ3) is 11.3. The summed E-state index contributed by atoms with van der Waals surface area (Å²) in [6.45, 7) is 30.9. The molecular formula is C92H90N2O4. The van der Waals surface area contributed by atoms with Crippen LogP contribution < -0.4 is 14.4 Å². The first-order valence-corrected chi connectivity index (χ1v) is 35.4. The highest BCUT2D eigenvalue weighted by atomic mass is 16.5. The van der Waals surface area contributed by atoms with Crippen molar-refractivity contribution in [3.05, 3.63) is 278 Å². The van der Waals surface area contributed by atoms with Gasteiger partial charge < -0.3 is 29.2 Å². The minimum Gasteiger partial charge on any atom is -0.505 e. The Morgan fingerprint density at radius 3 is 1.39 bits per heavy atom. The summed E-state index contributed by atoms with van der Waals surface area (Å²) >= 11 is 0. The Balaban J connectivity index is 0.741. The summed E-state index contributed by atoms with van der Waals surface area (Å²) in [5.41, 5.74) is 33.9. The molecule has 2 N–H and O–H groups in total. The Labute approximate surface area is 579 Å². The van der Waals surface area contributed by atoms with Gasteiger partial charge in [0.05, 0.1) is 28.5 Å². The first-order valence-electron chi connectivity index (χ1n) is 35.4. The van der Waals surface area contributed by atoms with Crippen molar-refractivity contribution in [2.45, 2.75) is 147 Å². The number of allylic oxidation sites excluding steroid dienone is 6. The molecule has 98 heavy (non-hydrogen) atoms. The average molecular weight is 1290 g/mol. The number of hydrogen-bond donors (Lipinski definition) is 2. The van der Waals surface area contributed by atoms with Crippen LogP contribution >= 0.6 is 0 Å². The highest BCUT2D eigenvalue weighted by Gasteiger charge is 2.42. The molecular weight excluding hydrogens is 1200 g/mol. The lowest BCUT2D eigenvalue weighted by molar-refractivity contribution is 0.0686. The molecule has 11 aromatic rings. The summed E-state index contributed by atoms with van der Waals surface area (Å²) in [7, 11) is 0. The standard InChI is InChI=1S/C92H90N2O4/c1-51-34-57(7)87(58(8)35-51)65-26-30-79-73(46-65)74-47-66(88-59(9)36-52(2)37-60(88)10)27-31-80(74)93(79)83-44-55(5)42-77(91(83)95)71-22-15-17-24-85(71)97-69-20-19-21-70(50-69)98-86-25-18-16-23-72(86)78-43-56(6)45-84(92(78)96)94-81-32-28-67(89-61(11)38-53(3)39-62(89)12)48-75(81)76-49-68(29-33-82(76)94)90-63(13)40-54(4)41-64(90)14/h15-18,22-49,57,69-70,73,79,87,95-96H,19-21,50H2,1-14H3/t57?,69-,70+,73?,79?,87?/m1/s1. The minimum atomic E-state index is -0.155. The molecule has 0 saturated heterocycles. The smallest absolute Gasteiger partial charge is 0.147 e. The summed E-state index contributed by atoms with van der Waals surface area (Å²) in [5, 5.41) is 28.3. The number of phenolic OH excluding ortho intramolecular Hbond substituents is 2. The minimum absolute atomic E-state index is 0.0570. The van der Waals surface area contributed by atoms with Gasteiger partial charge in [0.1, 0.15) is 35.2 Å². The lowest BCUT2D eigenvalue weighted by atomic mass is 9.74. The van der Waals surface area contributed by atoms with E-state index in [0.29, 0.717) is 29.5 Å². The molecule has 6 atom stereocenters. The summed E-state index contributed by atoms with van der Waals surface area (Å²) in [5.74, 6) is 2.59. The predicted octanol–water partition coefficient (Wildman–Crippen LogP) is 24.0. The summed E-state index contributed by atoms with van der Waals surface area (Å²) in [6, 6.07) is 59.2. The van der Waals surface area contributed by atoms with Crippen molar-refractivity contribution in [3.63, 3.8) is 0 Å². The Hall–Kier alpha value is -10.0. The number of benzene rings is 10. The number of para-hydroxylation sites is 2. The molecule has 492 valence electrons. The van der Waals surface area contributed by atoms with Crippen LogP contribution in [0.3, 0.4) is 0 Å². The molecule has 4 unspecified atom stereocenters. The fourth-order valence-electron chi connectivity index (χ4n) is 18.1. The predicted molar refractivity (Wildman–Crippen MR) is 410 cm³/mol. The van der Waals surface area contributed by atoms with Gasteiger partial charge in [-0.25, -0.2) is 0 Å². The van der Waals surface area contributed by atoms with Gasteiger partial charge in [0.2, 0.25) is 0 Å². The average Bonchev–Trinajstić information content (AvgIpc) is 1.56. The fourth-order valence-corrected chi connectivity index (χ4v) is 18.1. The van der Waals surface area contributed by atoms with E-state index in [1.165, 1.54) is 106 Å². The number of hydrogen-bond acceptors (Lipinski definition) is 5. The molecule has 1 saturated carbocycles. The number of fused-ring (bicyclic) bond motifs is 6. The molecule has 0 amide bonds. The van der Waals surface area contributed by atoms with Crippen LogP contribution in [0.5, 0.6) is 23.0 Å². The van der Waals surface area contributed by atoms with Crippen LogP contribution in [-0.4, -0.2) is 33.0 Å². The van der Waals surface area contributed by atoms with Crippen molar-refractivity contribution in [2.24, 2.45) is 11.8 Å². The van der Waals surface area contributed by atoms with Crippen LogP contribution in [-0.2, 0) is 0 Å². The second-order valence-electron chi connectivity index (χ2n) is 29.4. The van der Waals surface area contributed by atoms with Gasteiger partial charge in [-0.1, -0.05) is 156 Å². The topological polar surface area (TPSA) is 67.1 Å². The molecule has 1 aliphatic heterocycles. The number of aryl methyl sites for hydroxylation is 11. The third-order valence-electron chi connectivity index (χ3n) is 21.7. The van der Waals surface area contributed by atoms with E-state index in [9.17, 15) is 10.2 Å². The quantitative estimate of drug-likeness (QED) is 0.128. The van der Waals surface area contributed by atoms with Gasteiger partial charge in [-0.05, 0) is 277 Å². The molecule has 15 rings (SSSR count). The van der Waals surface area contributed by atoms with Gasteiger partial charge in [0, 0.05) is 57.0 Å². The van der Waals surface area contributed by atoms with E-state index in [1.807, 2.05) is 30.3 Å². The molecule has 0 spiro atoms. The molecule has 0 bridgehead atoms. The number of phenols is 2. The zero-order valence-corrected chi connectivity index (χ0v) is 59.4. The number of aromatic hydroxyl groups is 2. The highest BCUT2D eigenvalue weighted by Crippen LogP contribution is 2.56. The molecule has 4 aliphatic rings. The first-order chi connectivity index (χ1) is 47.1. The molecule has 2 heterocycles. The fraction of sp³-hybridized carbons (Fsp3) is 0.261. The van der Waals surface area contributed by atoms with Gasteiger partial charge in [0.25, 0.3) is 0 Å². The Morgan fingerprint density at radius 1 is 0.439 bits per heavy atom. The van der Waals surface area contributed by atoms with Crippen LogP contribution in [0.4, 0.5) is 11.4 Å². The lowest BCUT2D eigenvalue weighted by Gasteiger charge is -2.34. The van der Waals surface area contributed by atoms with Crippen LogP contribution in [0.15, 0.2) is 211 Å². The van der Waals surface area contributed by atoms with E-state index in [2.05, 4.69) is 270 Å². The third-order valence-corrected chi connectivity index (χ3v) is 21.7. The highest BCUT2D eigenvalue weighted by molar-refractivity contribution is 6.12. The van der Waals surface area contributed by atoms with Crippen molar-refractivity contribution in [1.82, 2.24) is 4.57 Å². The van der Waals surface area contributed by atoms with Crippen LogP contribution in [0.2, 0.25) is 0 Å². The molecule has 10 aromatic carbocycles. The van der Waals surface area contributed by atoms with E-state index in [4.69, 9.17) is 9.47 Å². The van der Waals surface area contributed by atoms with Crippen molar-refractivity contribution in [3.8, 4) is 84.3 Å². The Morgan fingerprint density at radius 2 is 0.888 bits per heavy atom. The SMILES string of the molecule is CC1=CC(C)C(C2=CC3c4cc(-c5c(C)cc(C)cc5C)ccc4N(c4cc(C)cc(-c5ccccc5O[C@@H]5CCC[C@H](Oc6ccccc6-c6cc(C)cc(-n7c8ccc(-c9c(C)cc(C)cc9C)cc8c8cc(-c9c(C)cc(C)cc9C)ccc87)c6O)C5)c4O)C3C=C2)C(C)=C1. The number of rotatable bonds is 12. The maximum absolute atomic E-state index is 13.0. The van der Waals surface area contributed by atoms with Crippen LogP contribution in [0, 0.1) is 88.0 Å². The second kappa shape index (κ2) is 25.1. The maximum Gasteiger partial charge on any atom is 0.147 e. The Kier molecular flexibility index (Phi) is 16.4. The van der Waals surface area contributed by atoms with Gasteiger partial charge in [-0.2, -0.15) is 0 Å². The number of aromatic nitrogens is 1. The van der Waals surface area contributed by atoms with E-state index in [1.54, 1.807) is 0 Å². The van der Waals surface area contributed by atoms with E-state index >= 15 is 0 Å². The van der Waals surface area contributed by atoms with E-state index in [-0.39, 0.29) is 35.7 Å². The number of anilines is 2. The van der Waals surface area contributed by atoms with Crippen molar-refractivity contribution in [2.75, 3.05) is 4.90 Å². The van der Waals surface area contributed by atoms with Crippen molar-refractivity contribution >= 4 is 33.2 Å². The summed E-state index contributed by atoms with van der Waals surface area (Å²) in [6.07, 6.45) is 15.1. The van der Waals surface area contributed by atoms with Crippen LogP contribution in [0.1, 0.15) is 119 Å². The van der Waals surface area contributed by atoms with E-state index in [0.717, 1.165) is 91.8 Å². The Bertz CT molecular complexity index is 5050. The lowest BCUT2D eigenvalue weighted by Crippen LogP contribution is -2.32. The second-order valence-corrected chi connectivity index (χ2v) is 29.4. The van der Waals surface area contributed by atoms with Gasteiger partial charge in [-0.15, -0.1) is 0 Å². The molecule has 1 fully saturated rings.